The Morgan fingerprint density at radius 1 is 1.52 bits per heavy atom. The molecule has 9 heteroatoms. The van der Waals surface area contributed by atoms with Gasteiger partial charge in [0.15, 0.2) is 0 Å². The number of carboxylic acids is 1. The van der Waals surface area contributed by atoms with E-state index < -0.39 is 12.1 Å². The smallest absolute Gasteiger partial charge is 0.475 e. The van der Waals surface area contributed by atoms with Crippen LogP contribution in [-0.2, 0) is 11.3 Å². The highest BCUT2D eigenvalue weighted by Crippen LogP contribution is 2.41. The van der Waals surface area contributed by atoms with Gasteiger partial charge in [0.25, 0.3) is 0 Å². The first-order chi connectivity index (χ1) is 9.70. The molecule has 1 aromatic rings. The quantitative estimate of drug-likeness (QED) is 0.864. The van der Waals surface area contributed by atoms with E-state index in [2.05, 4.69) is 22.3 Å². The van der Waals surface area contributed by atoms with Crippen molar-refractivity contribution in [2.45, 2.75) is 50.5 Å². The Labute approximate surface area is 119 Å². The number of alkyl halides is 3. The van der Waals surface area contributed by atoms with Gasteiger partial charge in [0.1, 0.15) is 12.7 Å². The second-order valence-corrected chi connectivity index (χ2v) is 5.77. The number of fused-ring (bicyclic) bond motifs is 2. The predicted molar refractivity (Wildman–Crippen MR) is 66.4 cm³/mol. The van der Waals surface area contributed by atoms with Gasteiger partial charge in [-0.15, -0.1) is 0 Å². The van der Waals surface area contributed by atoms with Crippen molar-refractivity contribution < 1.29 is 23.1 Å². The summed E-state index contributed by atoms with van der Waals surface area (Å²) in [6.45, 7) is 3.33. The van der Waals surface area contributed by atoms with Crippen LogP contribution in [0.5, 0.6) is 0 Å². The van der Waals surface area contributed by atoms with Gasteiger partial charge in [-0.25, -0.2) is 9.78 Å². The molecule has 2 bridgehead atoms. The van der Waals surface area contributed by atoms with E-state index in [0.29, 0.717) is 5.54 Å². The zero-order chi connectivity index (χ0) is 15.7. The van der Waals surface area contributed by atoms with Crippen LogP contribution in [0.2, 0.25) is 0 Å². The summed E-state index contributed by atoms with van der Waals surface area (Å²) in [6.07, 6.45) is 2.28. The van der Waals surface area contributed by atoms with Crippen LogP contribution in [0.25, 0.3) is 0 Å². The minimum Gasteiger partial charge on any atom is -0.475 e. The maximum atomic E-state index is 10.6. The molecule has 2 N–H and O–H groups in total. The highest BCUT2D eigenvalue weighted by molar-refractivity contribution is 5.73. The molecule has 6 nitrogen and oxygen atoms in total. The van der Waals surface area contributed by atoms with E-state index >= 15 is 0 Å². The fraction of sp³-hybridized carbons (Fsp3) is 0.750. The van der Waals surface area contributed by atoms with E-state index in [4.69, 9.17) is 9.90 Å². The number of nitrogens with one attached hydrogen (secondary N) is 1. The summed E-state index contributed by atoms with van der Waals surface area (Å²) in [5.74, 6) is -1.90. The zero-order valence-electron chi connectivity index (χ0n) is 11.5. The number of hydrogen-bond donors (Lipinski definition) is 2. The number of carbonyl (C=O) groups is 1. The molecule has 3 aliphatic rings. The molecule has 3 heterocycles. The molecule has 2 saturated heterocycles. The van der Waals surface area contributed by atoms with Crippen LogP contribution in [0.3, 0.4) is 0 Å². The topological polar surface area (TPSA) is 80.0 Å². The van der Waals surface area contributed by atoms with Crippen molar-refractivity contribution in [3.8, 4) is 0 Å². The van der Waals surface area contributed by atoms with Crippen molar-refractivity contribution in [2.75, 3.05) is 0 Å². The van der Waals surface area contributed by atoms with Gasteiger partial charge < -0.3 is 10.4 Å². The summed E-state index contributed by atoms with van der Waals surface area (Å²) in [7, 11) is 0. The van der Waals surface area contributed by atoms with Gasteiger partial charge in [0, 0.05) is 11.6 Å². The number of aromatic nitrogens is 3. The Morgan fingerprint density at radius 2 is 2.14 bits per heavy atom. The molecule has 2 aliphatic heterocycles. The number of nitrogens with zero attached hydrogens (tertiary/aromatic N) is 3. The lowest BCUT2D eigenvalue weighted by molar-refractivity contribution is -0.192. The largest absolute Gasteiger partial charge is 0.490 e. The molecule has 1 aromatic heterocycles. The van der Waals surface area contributed by atoms with E-state index in [-0.39, 0.29) is 0 Å². The summed E-state index contributed by atoms with van der Waals surface area (Å²) in [6, 6.07) is 0.766. The van der Waals surface area contributed by atoms with Gasteiger partial charge in [0.2, 0.25) is 0 Å². The lowest BCUT2D eigenvalue weighted by Gasteiger charge is -2.56. The van der Waals surface area contributed by atoms with Crippen LogP contribution in [0.4, 0.5) is 13.2 Å². The molecule has 0 amide bonds. The minimum atomic E-state index is -5.08. The van der Waals surface area contributed by atoms with Crippen LogP contribution >= 0.6 is 0 Å². The second-order valence-electron chi connectivity index (χ2n) is 5.77. The first-order valence-corrected chi connectivity index (χ1v) is 6.60. The average molecular weight is 306 g/mol. The van der Waals surface area contributed by atoms with Crippen LogP contribution in [0.1, 0.15) is 26.2 Å². The van der Waals surface area contributed by atoms with Crippen molar-refractivity contribution in [2.24, 2.45) is 5.92 Å². The number of halogens is 3. The summed E-state index contributed by atoms with van der Waals surface area (Å²) in [5.41, 5.74) is 0.329. The van der Waals surface area contributed by atoms with Gasteiger partial charge in [-0.3, -0.25) is 4.68 Å². The van der Waals surface area contributed by atoms with Gasteiger partial charge in [0.05, 0.1) is 6.54 Å². The van der Waals surface area contributed by atoms with Crippen LogP contribution < -0.4 is 5.32 Å². The second kappa shape index (κ2) is 5.63. The lowest BCUT2D eigenvalue weighted by Crippen LogP contribution is -2.69. The molecule has 1 aliphatic carbocycles. The number of piperidine rings is 1. The molecule has 3 unspecified atom stereocenters. The molecular formula is C12H17F3N4O2. The van der Waals surface area contributed by atoms with Crippen LogP contribution in [0.15, 0.2) is 12.7 Å². The predicted octanol–water partition coefficient (Wildman–Crippen LogP) is 1.44. The Morgan fingerprint density at radius 3 is 2.57 bits per heavy atom. The first kappa shape index (κ1) is 15.7. The minimum absolute atomic E-state index is 0.329. The summed E-state index contributed by atoms with van der Waals surface area (Å²) >= 11 is 0. The Kier molecular flexibility index (Phi) is 4.22. The third-order valence-corrected chi connectivity index (χ3v) is 3.75. The van der Waals surface area contributed by atoms with Crippen LogP contribution in [0, 0.1) is 5.92 Å². The van der Waals surface area contributed by atoms with Crippen molar-refractivity contribution in [1.29, 1.82) is 0 Å². The fourth-order valence-electron chi connectivity index (χ4n) is 3.20. The molecule has 3 fully saturated rings. The van der Waals surface area contributed by atoms with E-state index in [1.165, 1.54) is 19.3 Å². The normalized spacial score (nSPS) is 30.9. The summed E-state index contributed by atoms with van der Waals surface area (Å²) in [5, 5.41) is 15.0. The fourth-order valence-corrected chi connectivity index (χ4v) is 3.20. The number of rotatable bonds is 2. The van der Waals surface area contributed by atoms with E-state index in [1.54, 1.807) is 6.33 Å². The maximum absolute atomic E-state index is 10.6. The standard InChI is InChI=1S/C10H16N4.C2HF3O2/c1-8-2-9-4-10(3-8,13-9)5-14-7-11-6-12-14;3-2(4,5)1(6)7/h6-9,13H,2-5H2,1H3;(H,6,7). The van der Waals surface area contributed by atoms with Crippen LogP contribution in [-0.4, -0.2) is 43.6 Å². The van der Waals surface area contributed by atoms with Crippen molar-refractivity contribution in [3.05, 3.63) is 12.7 Å². The number of hydrogen-bond acceptors (Lipinski definition) is 4. The van der Waals surface area contributed by atoms with E-state index in [0.717, 1.165) is 18.5 Å². The monoisotopic (exact) mass is 306 g/mol. The Bertz CT molecular complexity index is 483. The Balaban J connectivity index is 0.000000199. The highest BCUT2D eigenvalue weighted by Gasteiger charge is 2.49. The number of carboxylic acid groups (broad SMARTS) is 1. The molecule has 3 atom stereocenters. The summed E-state index contributed by atoms with van der Waals surface area (Å²) < 4.78 is 33.7. The Hall–Kier alpha value is -1.64. The molecule has 1 saturated carbocycles. The molecule has 0 spiro atoms. The third-order valence-electron chi connectivity index (χ3n) is 3.75. The molecule has 0 aromatic carbocycles. The van der Waals surface area contributed by atoms with Gasteiger partial charge >= 0.3 is 12.1 Å². The lowest BCUT2D eigenvalue weighted by atomic mass is 9.66. The molecule has 4 rings (SSSR count). The third kappa shape index (κ3) is 3.93. The van der Waals surface area contributed by atoms with Gasteiger partial charge in [-0.1, -0.05) is 6.92 Å². The molecule has 118 valence electrons. The molecule has 21 heavy (non-hydrogen) atoms. The van der Waals surface area contributed by atoms with Crippen molar-refractivity contribution in [1.82, 2.24) is 20.1 Å². The van der Waals surface area contributed by atoms with Gasteiger partial charge in [-0.2, -0.15) is 18.3 Å². The van der Waals surface area contributed by atoms with Gasteiger partial charge in [-0.05, 0) is 25.2 Å². The SMILES string of the molecule is CC1CC2CC(Cn3cncn3)(C1)N2.O=C(O)C(F)(F)F. The molecular weight excluding hydrogens is 289 g/mol. The van der Waals surface area contributed by atoms with E-state index in [9.17, 15) is 13.2 Å². The van der Waals surface area contributed by atoms with E-state index in [1.807, 2.05) is 11.0 Å². The maximum Gasteiger partial charge on any atom is 0.490 e. The average Bonchev–Trinajstić information content (AvgIpc) is 2.78. The first-order valence-electron chi connectivity index (χ1n) is 6.60. The summed E-state index contributed by atoms with van der Waals surface area (Å²) in [4.78, 5) is 12.9. The van der Waals surface area contributed by atoms with Crippen molar-refractivity contribution >= 4 is 5.97 Å². The number of aliphatic carboxylic acids is 1. The van der Waals surface area contributed by atoms with Crippen molar-refractivity contribution in [3.63, 3.8) is 0 Å². The zero-order valence-corrected chi connectivity index (χ0v) is 11.5. The highest BCUT2D eigenvalue weighted by atomic mass is 19.4. The molecule has 0 radical (unpaired) electrons.